The summed E-state index contributed by atoms with van der Waals surface area (Å²) in [4.78, 5) is 2.58. The lowest BCUT2D eigenvalue weighted by Crippen LogP contribution is -2.32. The van der Waals surface area contributed by atoms with Crippen molar-refractivity contribution in [2.24, 2.45) is 0 Å². The average Bonchev–Trinajstić information content (AvgIpc) is 2.33. The maximum Gasteiger partial charge on any atom is 0.0166 e. The van der Waals surface area contributed by atoms with Crippen molar-refractivity contribution in [2.45, 2.75) is 31.4 Å². The fourth-order valence-electron chi connectivity index (χ4n) is 2.33. The van der Waals surface area contributed by atoms with Crippen LogP contribution in [0.4, 0.5) is 0 Å². The molecule has 16 heavy (non-hydrogen) atoms. The summed E-state index contributed by atoms with van der Waals surface area (Å²) in [5, 5.41) is 4.35. The van der Waals surface area contributed by atoms with Crippen LogP contribution in [0.2, 0.25) is 0 Å². The monoisotopic (exact) mass is 240 g/mol. The van der Waals surface area contributed by atoms with Crippen molar-refractivity contribution in [3.8, 4) is 0 Å². The van der Waals surface area contributed by atoms with Crippen LogP contribution in [0.1, 0.15) is 26.2 Å². The third-order valence-electron chi connectivity index (χ3n) is 3.57. The van der Waals surface area contributed by atoms with Crippen molar-refractivity contribution in [2.75, 3.05) is 38.5 Å². The van der Waals surface area contributed by atoms with Crippen molar-refractivity contribution in [3.05, 3.63) is 11.6 Å². The lowest BCUT2D eigenvalue weighted by Gasteiger charge is -2.27. The molecule has 0 aromatic carbocycles. The molecule has 2 aliphatic rings. The highest BCUT2D eigenvalue weighted by Gasteiger charge is 2.14. The first-order chi connectivity index (χ1) is 7.84. The minimum atomic E-state index is 0.920. The molecule has 0 aromatic heterocycles. The molecule has 2 rings (SSSR count). The van der Waals surface area contributed by atoms with E-state index < -0.39 is 0 Å². The second-order valence-electron chi connectivity index (χ2n) is 4.92. The smallest absolute Gasteiger partial charge is 0.0166 e. The number of piperidine rings is 1. The minimum Gasteiger partial charge on any atom is -0.317 e. The van der Waals surface area contributed by atoms with E-state index in [1.165, 1.54) is 57.7 Å². The van der Waals surface area contributed by atoms with E-state index in [9.17, 15) is 0 Å². The fraction of sp³-hybridized carbons (Fsp3) is 0.846. The van der Waals surface area contributed by atoms with Crippen LogP contribution in [-0.2, 0) is 0 Å². The Balaban J connectivity index is 1.57. The van der Waals surface area contributed by atoms with Gasteiger partial charge in [-0.05, 0) is 39.3 Å². The molecule has 1 fully saturated rings. The zero-order chi connectivity index (χ0) is 11.2. The molecule has 1 saturated heterocycles. The van der Waals surface area contributed by atoms with E-state index in [2.05, 4.69) is 35.0 Å². The molecule has 1 N–H and O–H groups in total. The molecule has 3 heteroatoms. The van der Waals surface area contributed by atoms with Gasteiger partial charge in [-0.25, -0.2) is 0 Å². The highest BCUT2D eigenvalue weighted by atomic mass is 32.2. The Morgan fingerprint density at radius 1 is 1.44 bits per heavy atom. The molecule has 2 heterocycles. The number of rotatable bonds is 4. The predicted octanol–water partition coefficient (Wildman–Crippen LogP) is 2.12. The summed E-state index contributed by atoms with van der Waals surface area (Å²) in [6.07, 6.45) is 6.39. The van der Waals surface area contributed by atoms with Crippen LogP contribution in [0.15, 0.2) is 11.6 Å². The molecule has 0 aromatic rings. The normalized spacial score (nSPS) is 24.4. The largest absolute Gasteiger partial charge is 0.317 e. The van der Waals surface area contributed by atoms with Crippen LogP contribution in [-0.4, -0.2) is 48.6 Å². The first-order valence-electron chi connectivity index (χ1n) is 6.55. The standard InChI is InChI=1S/C13H24N2S/c1-12-4-8-15(9-5-12)10-11-16-13-2-6-14-7-3-13/h4,13-14H,2-3,5-11H2,1H3. The Morgan fingerprint density at radius 3 is 2.94 bits per heavy atom. The van der Waals surface area contributed by atoms with Crippen LogP contribution in [0.5, 0.6) is 0 Å². The van der Waals surface area contributed by atoms with Crippen LogP contribution < -0.4 is 5.32 Å². The highest BCUT2D eigenvalue weighted by Crippen LogP contribution is 2.20. The van der Waals surface area contributed by atoms with E-state index >= 15 is 0 Å². The van der Waals surface area contributed by atoms with E-state index in [-0.39, 0.29) is 0 Å². The maximum absolute atomic E-state index is 3.43. The summed E-state index contributed by atoms with van der Waals surface area (Å²) in [6, 6.07) is 0. The number of nitrogens with zero attached hydrogens (tertiary/aromatic N) is 1. The van der Waals surface area contributed by atoms with Gasteiger partial charge in [0.15, 0.2) is 0 Å². The summed E-state index contributed by atoms with van der Waals surface area (Å²) in [6.45, 7) is 8.43. The zero-order valence-electron chi connectivity index (χ0n) is 10.4. The fourth-order valence-corrected chi connectivity index (χ4v) is 3.59. The molecule has 0 saturated carbocycles. The van der Waals surface area contributed by atoms with Crippen molar-refractivity contribution in [3.63, 3.8) is 0 Å². The molecule has 0 radical (unpaired) electrons. The molecule has 2 nitrogen and oxygen atoms in total. The number of thioether (sulfide) groups is 1. The second kappa shape index (κ2) is 6.67. The molecule has 0 bridgehead atoms. The second-order valence-corrected chi connectivity index (χ2v) is 6.33. The summed E-state index contributed by atoms with van der Waals surface area (Å²) in [5.74, 6) is 1.32. The van der Waals surface area contributed by atoms with E-state index in [1.54, 1.807) is 5.57 Å². The molecule has 2 aliphatic heterocycles. The topological polar surface area (TPSA) is 15.3 Å². The SMILES string of the molecule is CC1=CCN(CCSC2CCNCC2)CC1. The van der Waals surface area contributed by atoms with Gasteiger partial charge in [-0.1, -0.05) is 11.6 Å². The Hall–Kier alpha value is 0.01000. The maximum atomic E-state index is 3.43. The van der Waals surface area contributed by atoms with Crippen LogP contribution in [0.3, 0.4) is 0 Å². The molecule has 0 aliphatic carbocycles. The average molecular weight is 240 g/mol. The summed E-state index contributed by atoms with van der Waals surface area (Å²) in [5.41, 5.74) is 1.57. The minimum absolute atomic E-state index is 0.920. The Labute approximate surface area is 104 Å². The van der Waals surface area contributed by atoms with Gasteiger partial charge >= 0.3 is 0 Å². The van der Waals surface area contributed by atoms with Gasteiger partial charge < -0.3 is 5.32 Å². The molecule has 0 spiro atoms. The van der Waals surface area contributed by atoms with Gasteiger partial charge in [0, 0.05) is 30.6 Å². The van der Waals surface area contributed by atoms with Gasteiger partial charge in [0.2, 0.25) is 0 Å². The summed E-state index contributed by atoms with van der Waals surface area (Å²) < 4.78 is 0. The van der Waals surface area contributed by atoms with Crippen molar-refractivity contribution >= 4 is 11.8 Å². The molecule has 0 unspecified atom stereocenters. The van der Waals surface area contributed by atoms with Crippen LogP contribution >= 0.6 is 11.8 Å². The Bertz CT molecular complexity index is 234. The number of hydrogen-bond acceptors (Lipinski definition) is 3. The first-order valence-corrected chi connectivity index (χ1v) is 7.60. The third-order valence-corrected chi connectivity index (χ3v) is 4.93. The molecular formula is C13H24N2S. The van der Waals surface area contributed by atoms with E-state index in [0.717, 1.165) is 5.25 Å². The number of hydrogen-bond donors (Lipinski definition) is 1. The molecular weight excluding hydrogens is 216 g/mol. The number of nitrogens with one attached hydrogen (secondary N) is 1. The van der Waals surface area contributed by atoms with Crippen LogP contribution in [0.25, 0.3) is 0 Å². The van der Waals surface area contributed by atoms with E-state index in [0.29, 0.717) is 0 Å². The summed E-state index contributed by atoms with van der Waals surface area (Å²) in [7, 11) is 0. The first kappa shape index (κ1) is 12.5. The molecule has 0 atom stereocenters. The van der Waals surface area contributed by atoms with Gasteiger partial charge in [-0.3, -0.25) is 4.90 Å². The van der Waals surface area contributed by atoms with Crippen molar-refractivity contribution in [1.29, 1.82) is 0 Å². The quantitative estimate of drug-likeness (QED) is 0.758. The summed E-state index contributed by atoms with van der Waals surface area (Å²) >= 11 is 2.19. The van der Waals surface area contributed by atoms with Gasteiger partial charge in [-0.15, -0.1) is 0 Å². The van der Waals surface area contributed by atoms with E-state index in [1.807, 2.05) is 0 Å². The van der Waals surface area contributed by atoms with Gasteiger partial charge in [-0.2, -0.15) is 11.8 Å². The Kier molecular flexibility index (Phi) is 5.20. The van der Waals surface area contributed by atoms with Gasteiger partial charge in [0.1, 0.15) is 0 Å². The zero-order valence-corrected chi connectivity index (χ0v) is 11.2. The lowest BCUT2D eigenvalue weighted by atomic mass is 10.1. The van der Waals surface area contributed by atoms with Gasteiger partial charge in [0.05, 0.1) is 0 Å². The van der Waals surface area contributed by atoms with Crippen molar-refractivity contribution in [1.82, 2.24) is 10.2 Å². The predicted molar refractivity (Wildman–Crippen MR) is 73.2 cm³/mol. The Morgan fingerprint density at radius 2 is 2.25 bits per heavy atom. The van der Waals surface area contributed by atoms with Crippen LogP contribution in [0, 0.1) is 0 Å². The van der Waals surface area contributed by atoms with Crippen molar-refractivity contribution < 1.29 is 0 Å². The molecule has 0 amide bonds. The van der Waals surface area contributed by atoms with E-state index in [4.69, 9.17) is 0 Å². The van der Waals surface area contributed by atoms with Gasteiger partial charge in [0.25, 0.3) is 0 Å². The molecule has 92 valence electrons. The third kappa shape index (κ3) is 4.11. The lowest BCUT2D eigenvalue weighted by molar-refractivity contribution is 0.312. The highest BCUT2D eigenvalue weighted by molar-refractivity contribution is 7.99.